The van der Waals surface area contributed by atoms with Crippen molar-refractivity contribution in [2.45, 2.75) is 18.6 Å². The van der Waals surface area contributed by atoms with Gasteiger partial charge in [0.25, 0.3) is 11.8 Å². The lowest BCUT2D eigenvalue weighted by Gasteiger charge is -2.22. The van der Waals surface area contributed by atoms with Gasteiger partial charge in [-0.1, -0.05) is 17.2 Å². The quantitative estimate of drug-likeness (QED) is 0.790. The van der Waals surface area contributed by atoms with E-state index < -0.39 is 22.5 Å². The predicted molar refractivity (Wildman–Crippen MR) is 70.6 cm³/mol. The zero-order chi connectivity index (χ0) is 14.2. The number of nitrogens with zero attached hydrogens (tertiary/aromatic N) is 1. The second-order valence-electron chi connectivity index (χ2n) is 4.54. The average molecular weight is 279 g/mol. The molecule has 0 N–H and O–H groups in total. The minimum Gasteiger partial charge on any atom is -0.328 e. The molecule has 0 saturated carbocycles. The van der Waals surface area contributed by atoms with Crippen molar-refractivity contribution in [1.82, 2.24) is 5.06 Å². The summed E-state index contributed by atoms with van der Waals surface area (Å²) >= 11 is 1.28. The molecule has 1 aromatic rings. The molecule has 0 bridgehead atoms. The third-order valence-electron chi connectivity index (χ3n) is 2.93. The van der Waals surface area contributed by atoms with Crippen LogP contribution < -0.4 is 0 Å². The van der Waals surface area contributed by atoms with Crippen LogP contribution in [-0.2, 0) is 9.63 Å². The second kappa shape index (κ2) is 4.70. The van der Waals surface area contributed by atoms with Gasteiger partial charge in [0, 0.05) is 0 Å². The summed E-state index contributed by atoms with van der Waals surface area (Å²) in [7, 11) is 0. The van der Waals surface area contributed by atoms with E-state index in [4.69, 9.17) is 4.84 Å². The van der Waals surface area contributed by atoms with Crippen LogP contribution >= 0.6 is 11.8 Å². The lowest BCUT2D eigenvalue weighted by Crippen LogP contribution is -2.39. The average Bonchev–Trinajstić information content (AvgIpc) is 2.64. The number of hydrogen-bond acceptors (Lipinski definition) is 5. The van der Waals surface area contributed by atoms with Gasteiger partial charge in [-0.05, 0) is 32.2 Å². The van der Waals surface area contributed by atoms with Gasteiger partial charge in [-0.3, -0.25) is 9.59 Å². The van der Waals surface area contributed by atoms with E-state index in [-0.39, 0.29) is 11.1 Å². The lowest BCUT2D eigenvalue weighted by molar-refractivity contribution is -0.170. The monoisotopic (exact) mass is 279 g/mol. The van der Waals surface area contributed by atoms with E-state index in [1.54, 1.807) is 32.2 Å². The largest absolute Gasteiger partial charge is 0.348 e. The zero-order valence-electron chi connectivity index (χ0n) is 10.8. The maximum atomic E-state index is 12.0. The number of carbonyl (C=O) groups is 3. The molecular weight excluding hydrogens is 266 g/mol. The number of carbonyl (C=O) groups excluding carboxylic acids is 3. The number of imide groups is 1. The fourth-order valence-electron chi connectivity index (χ4n) is 1.53. The third-order valence-corrected chi connectivity index (χ3v) is 4.12. The molecule has 0 fully saturated rings. The van der Waals surface area contributed by atoms with Crippen LogP contribution in [0.3, 0.4) is 0 Å². The first-order chi connectivity index (χ1) is 8.88. The molecule has 1 heterocycles. The van der Waals surface area contributed by atoms with E-state index in [0.29, 0.717) is 5.06 Å². The van der Waals surface area contributed by atoms with Crippen molar-refractivity contribution in [3.63, 3.8) is 0 Å². The molecule has 6 heteroatoms. The molecule has 1 aromatic carbocycles. The minimum absolute atomic E-state index is 0.252. The lowest BCUT2D eigenvalue weighted by atomic mass is 10.1. The summed E-state index contributed by atoms with van der Waals surface area (Å²) in [6.07, 6.45) is 1.75. The predicted octanol–water partition coefficient (Wildman–Crippen LogP) is 1.88. The number of amides is 2. The first-order valence-corrected chi connectivity index (χ1v) is 6.86. The summed E-state index contributed by atoms with van der Waals surface area (Å²) in [6.45, 7) is 3.33. The van der Waals surface area contributed by atoms with Gasteiger partial charge >= 0.3 is 5.97 Å². The highest BCUT2D eigenvalue weighted by atomic mass is 32.2. The van der Waals surface area contributed by atoms with Crippen LogP contribution in [0.2, 0.25) is 0 Å². The van der Waals surface area contributed by atoms with Crippen LogP contribution in [0.25, 0.3) is 0 Å². The van der Waals surface area contributed by atoms with E-state index in [1.807, 2.05) is 0 Å². The first kappa shape index (κ1) is 13.6. The summed E-state index contributed by atoms with van der Waals surface area (Å²) < 4.78 is -0.824. The molecule has 2 rings (SSSR count). The molecule has 0 radical (unpaired) electrons. The highest BCUT2D eigenvalue weighted by molar-refractivity contribution is 8.00. The number of rotatable bonds is 3. The standard InChI is InChI=1S/C13H13NO4S/c1-13(2,19-3)12(17)18-14-10(15)8-6-4-5-7-9(8)11(14)16/h4-7H,1-3H3. The number of hydrogen-bond donors (Lipinski definition) is 0. The Balaban J connectivity index is 2.24. The zero-order valence-corrected chi connectivity index (χ0v) is 11.6. The Bertz CT molecular complexity index is 533. The van der Waals surface area contributed by atoms with Crippen molar-refractivity contribution in [2.75, 3.05) is 6.26 Å². The highest BCUT2D eigenvalue weighted by Crippen LogP contribution is 2.27. The van der Waals surface area contributed by atoms with Gasteiger partial charge in [0.05, 0.1) is 11.1 Å². The smallest absolute Gasteiger partial charge is 0.328 e. The van der Waals surface area contributed by atoms with E-state index in [9.17, 15) is 14.4 Å². The maximum Gasteiger partial charge on any atom is 0.348 e. The molecule has 0 aliphatic carbocycles. The molecule has 100 valence electrons. The topological polar surface area (TPSA) is 63.7 Å². The van der Waals surface area contributed by atoms with Gasteiger partial charge < -0.3 is 4.84 Å². The van der Waals surface area contributed by atoms with Crippen LogP contribution in [0, 0.1) is 0 Å². The summed E-state index contributed by atoms with van der Waals surface area (Å²) in [6, 6.07) is 6.37. The summed E-state index contributed by atoms with van der Waals surface area (Å²) in [5, 5.41) is 0.533. The van der Waals surface area contributed by atoms with E-state index >= 15 is 0 Å². The van der Waals surface area contributed by atoms with Crippen LogP contribution in [0.5, 0.6) is 0 Å². The number of benzene rings is 1. The van der Waals surface area contributed by atoms with Gasteiger partial charge in [-0.15, -0.1) is 11.8 Å². The number of thioether (sulfide) groups is 1. The Labute approximate surface area is 114 Å². The Morgan fingerprint density at radius 1 is 1.16 bits per heavy atom. The Hall–Kier alpha value is -1.82. The highest BCUT2D eigenvalue weighted by Gasteiger charge is 2.41. The van der Waals surface area contributed by atoms with E-state index in [1.165, 1.54) is 23.9 Å². The Morgan fingerprint density at radius 3 is 2.05 bits per heavy atom. The first-order valence-electron chi connectivity index (χ1n) is 5.64. The molecule has 0 atom stereocenters. The third kappa shape index (κ3) is 2.23. The van der Waals surface area contributed by atoms with Crippen molar-refractivity contribution in [2.24, 2.45) is 0 Å². The van der Waals surface area contributed by atoms with Crippen molar-refractivity contribution < 1.29 is 19.2 Å². The van der Waals surface area contributed by atoms with Gasteiger partial charge in [0.2, 0.25) is 0 Å². The molecule has 1 aliphatic rings. The minimum atomic E-state index is -0.824. The number of fused-ring (bicyclic) bond motifs is 1. The number of hydroxylamine groups is 2. The van der Waals surface area contributed by atoms with Crippen molar-refractivity contribution in [1.29, 1.82) is 0 Å². The Kier molecular flexibility index (Phi) is 3.36. The van der Waals surface area contributed by atoms with Gasteiger partial charge in [0.15, 0.2) is 0 Å². The Morgan fingerprint density at radius 2 is 1.63 bits per heavy atom. The summed E-state index contributed by atoms with van der Waals surface area (Å²) in [5.41, 5.74) is 0.504. The molecule has 19 heavy (non-hydrogen) atoms. The molecular formula is C13H13NO4S. The fraction of sp³-hybridized carbons (Fsp3) is 0.308. The van der Waals surface area contributed by atoms with Crippen LogP contribution in [0.15, 0.2) is 24.3 Å². The van der Waals surface area contributed by atoms with E-state index in [2.05, 4.69) is 0 Å². The van der Waals surface area contributed by atoms with Gasteiger partial charge in [-0.25, -0.2) is 4.79 Å². The van der Waals surface area contributed by atoms with Crippen molar-refractivity contribution in [3.05, 3.63) is 35.4 Å². The molecule has 0 aromatic heterocycles. The fourth-order valence-corrected chi connectivity index (χ4v) is 1.73. The van der Waals surface area contributed by atoms with Crippen LogP contribution in [0.4, 0.5) is 0 Å². The summed E-state index contributed by atoms with van der Waals surface area (Å²) in [4.78, 5) is 40.8. The molecule has 0 unspecified atom stereocenters. The molecule has 1 aliphatic heterocycles. The van der Waals surface area contributed by atoms with E-state index in [0.717, 1.165) is 0 Å². The maximum absolute atomic E-state index is 12.0. The normalized spacial score (nSPS) is 14.6. The SMILES string of the molecule is CSC(C)(C)C(=O)ON1C(=O)c2ccccc2C1=O. The summed E-state index contributed by atoms with van der Waals surface area (Å²) in [5.74, 6) is -1.84. The van der Waals surface area contributed by atoms with Crippen LogP contribution in [0.1, 0.15) is 34.6 Å². The van der Waals surface area contributed by atoms with Gasteiger partial charge in [0.1, 0.15) is 4.75 Å². The molecule has 5 nitrogen and oxygen atoms in total. The molecule has 0 saturated heterocycles. The van der Waals surface area contributed by atoms with Crippen molar-refractivity contribution in [3.8, 4) is 0 Å². The van der Waals surface area contributed by atoms with Gasteiger partial charge in [-0.2, -0.15) is 0 Å². The molecule has 2 amide bonds. The van der Waals surface area contributed by atoms with Crippen LogP contribution in [-0.4, -0.2) is 33.8 Å². The second-order valence-corrected chi connectivity index (χ2v) is 5.97. The van der Waals surface area contributed by atoms with Crippen molar-refractivity contribution >= 4 is 29.5 Å². The molecule has 0 spiro atoms.